The third kappa shape index (κ3) is 3.51. The van der Waals surface area contributed by atoms with Crippen LogP contribution in [0.3, 0.4) is 0 Å². The molecule has 0 radical (unpaired) electrons. The van der Waals surface area contributed by atoms with Crippen molar-refractivity contribution in [2.45, 2.75) is 6.42 Å². The summed E-state index contributed by atoms with van der Waals surface area (Å²) in [6.45, 7) is 0. The number of pyridine rings is 2. The molecule has 0 saturated heterocycles. The van der Waals surface area contributed by atoms with Crippen LogP contribution >= 0.6 is 11.6 Å². The number of aromatic nitrogens is 2. The molecule has 21 heavy (non-hydrogen) atoms. The molecule has 0 aliphatic rings. The fraction of sp³-hybridized carbons (Fsp3) is 0.154. The maximum atomic E-state index is 12.0. The third-order valence-corrected chi connectivity index (χ3v) is 3.06. The summed E-state index contributed by atoms with van der Waals surface area (Å²) in [5, 5.41) is 3.02. The molecule has 0 aliphatic carbocycles. The Labute approximate surface area is 125 Å². The normalized spacial score (nSPS) is 10.0. The average Bonchev–Trinajstić information content (AvgIpc) is 2.50. The minimum absolute atomic E-state index is 0.148. The van der Waals surface area contributed by atoms with E-state index in [0.29, 0.717) is 12.0 Å². The van der Waals surface area contributed by atoms with Crippen molar-refractivity contribution in [2.24, 2.45) is 5.22 Å². The minimum Gasteiger partial charge on any atom is -0.481 e. The summed E-state index contributed by atoms with van der Waals surface area (Å²) >= 11 is 6.13. The highest BCUT2D eigenvalue weighted by Crippen LogP contribution is 2.25. The summed E-state index contributed by atoms with van der Waals surface area (Å²) in [7, 11) is 1.42. The maximum Gasteiger partial charge on any atom is 0.273 e. The molecule has 2 N–H and O–H groups in total. The number of nitrogens with zero attached hydrogens (tertiary/aromatic N) is 3. The maximum absolute atomic E-state index is 12.0. The number of hydrogen-bond acceptors (Lipinski definition) is 6. The van der Waals surface area contributed by atoms with Gasteiger partial charge in [-0.25, -0.2) is 10.4 Å². The van der Waals surface area contributed by atoms with Crippen LogP contribution in [-0.4, -0.2) is 23.0 Å². The van der Waals surface area contributed by atoms with E-state index in [-0.39, 0.29) is 16.6 Å². The van der Waals surface area contributed by atoms with Gasteiger partial charge < -0.3 is 4.74 Å². The van der Waals surface area contributed by atoms with Crippen LogP contribution in [-0.2, 0) is 6.42 Å². The van der Waals surface area contributed by atoms with Crippen molar-refractivity contribution in [2.75, 3.05) is 7.11 Å². The molecule has 0 aromatic carbocycles. The lowest BCUT2D eigenvalue weighted by atomic mass is 10.0. The second-order valence-electron chi connectivity index (χ2n) is 4.03. The molecule has 0 fully saturated rings. The van der Waals surface area contributed by atoms with E-state index in [2.05, 4.69) is 20.6 Å². The number of nitrogens with one attached hydrogen (secondary N) is 2. The van der Waals surface area contributed by atoms with E-state index in [9.17, 15) is 4.79 Å². The molecule has 108 valence electrons. The molecular weight excluding hydrogens is 294 g/mol. The Morgan fingerprint density at radius 2 is 2.33 bits per heavy atom. The summed E-state index contributed by atoms with van der Waals surface area (Å²) in [6, 6.07) is 6.90. The fourth-order valence-electron chi connectivity index (χ4n) is 1.79. The third-order valence-electron chi connectivity index (χ3n) is 2.75. The average molecular weight is 306 g/mol. The Bertz CT molecular complexity index is 663. The van der Waals surface area contributed by atoms with Crippen LogP contribution in [0.15, 0.2) is 35.7 Å². The Balaban J connectivity index is 2.47. The van der Waals surface area contributed by atoms with Gasteiger partial charge in [-0.05, 0) is 12.1 Å². The van der Waals surface area contributed by atoms with Crippen LogP contribution in [0.1, 0.15) is 21.6 Å². The number of carbonyl (C=O) groups is 1. The second-order valence-corrected chi connectivity index (χ2v) is 4.39. The molecule has 0 atom stereocenters. The molecule has 1 amide bonds. The first kappa shape index (κ1) is 14.9. The molecular formula is C13H12ClN5O2. The van der Waals surface area contributed by atoms with Crippen molar-refractivity contribution in [3.63, 3.8) is 0 Å². The van der Waals surface area contributed by atoms with Crippen molar-refractivity contribution in [3.8, 4) is 5.88 Å². The highest BCUT2D eigenvalue weighted by atomic mass is 35.5. The number of hydrogen-bond donors (Lipinski definition) is 2. The van der Waals surface area contributed by atoms with Crippen LogP contribution in [0.4, 0.5) is 0 Å². The van der Waals surface area contributed by atoms with Gasteiger partial charge in [0.2, 0.25) is 5.88 Å². The van der Waals surface area contributed by atoms with Crippen molar-refractivity contribution in [3.05, 3.63) is 52.4 Å². The van der Waals surface area contributed by atoms with Crippen molar-refractivity contribution >= 4 is 17.5 Å². The Morgan fingerprint density at radius 3 is 2.95 bits per heavy atom. The summed E-state index contributed by atoms with van der Waals surface area (Å²) < 4.78 is 5.00. The van der Waals surface area contributed by atoms with Crippen LogP contribution in [0.25, 0.3) is 0 Å². The van der Waals surface area contributed by atoms with Gasteiger partial charge in [-0.3, -0.25) is 9.78 Å². The Morgan fingerprint density at radius 1 is 1.52 bits per heavy atom. The molecule has 7 nitrogen and oxygen atoms in total. The molecule has 8 heteroatoms. The highest BCUT2D eigenvalue weighted by molar-refractivity contribution is 6.30. The zero-order valence-electron chi connectivity index (χ0n) is 11.1. The lowest BCUT2D eigenvalue weighted by Gasteiger charge is -2.11. The van der Waals surface area contributed by atoms with E-state index in [0.717, 1.165) is 5.69 Å². The second kappa shape index (κ2) is 6.76. The van der Waals surface area contributed by atoms with Crippen molar-refractivity contribution in [1.82, 2.24) is 15.4 Å². The van der Waals surface area contributed by atoms with Crippen LogP contribution in [0.2, 0.25) is 5.15 Å². The van der Waals surface area contributed by atoms with Gasteiger partial charge in [0.15, 0.2) is 0 Å². The standard InChI is InChI=1S/C13H12ClN5O2/c1-21-11-7-10(13(20)18-19-15)9(12(14)17-11)6-8-4-2-3-5-16-8/h2-5,7H,6H2,1H3,(H2,15,18,20). The van der Waals surface area contributed by atoms with Gasteiger partial charge in [-0.1, -0.05) is 22.9 Å². The summed E-state index contributed by atoms with van der Waals surface area (Å²) in [4.78, 5) is 20.2. The van der Waals surface area contributed by atoms with Crippen molar-refractivity contribution in [1.29, 1.82) is 5.53 Å². The number of carbonyl (C=O) groups excluding carboxylic acids is 1. The van der Waals surface area contributed by atoms with E-state index in [1.807, 2.05) is 12.1 Å². The summed E-state index contributed by atoms with van der Waals surface area (Å²) in [5.74, 6) is -0.349. The molecule has 0 unspecified atom stereocenters. The van der Waals surface area contributed by atoms with Crippen LogP contribution in [0, 0.1) is 5.53 Å². The summed E-state index contributed by atoms with van der Waals surface area (Å²) in [6.07, 6.45) is 1.98. The zero-order chi connectivity index (χ0) is 15.2. The fourth-order valence-corrected chi connectivity index (χ4v) is 2.04. The van der Waals surface area contributed by atoms with Gasteiger partial charge in [0.25, 0.3) is 5.91 Å². The predicted octanol–water partition coefficient (Wildman–Crippen LogP) is 2.41. The van der Waals surface area contributed by atoms with Crippen LogP contribution in [0.5, 0.6) is 5.88 Å². The number of halogens is 1. The molecule has 0 saturated carbocycles. The quantitative estimate of drug-likeness (QED) is 0.503. The van der Waals surface area contributed by atoms with Gasteiger partial charge >= 0.3 is 0 Å². The SMILES string of the molecule is COc1cc(C(=O)NN=N)c(Cc2ccccn2)c(Cl)n1. The van der Waals surface area contributed by atoms with Crippen LogP contribution < -0.4 is 10.2 Å². The first-order chi connectivity index (χ1) is 10.2. The summed E-state index contributed by atoms with van der Waals surface area (Å²) in [5.41, 5.74) is 10.3. The molecule has 0 aliphatic heterocycles. The smallest absolute Gasteiger partial charge is 0.273 e. The zero-order valence-corrected chi connectivity index (χ0v) is 11.9. The largest absolute Gasteiger partial charge is 0.481 e. The Kier molecular flexibility index (Phi) is 4.78. The van der Waals surface area contributed by atoms with Gasteiger partial charge in [-0.2, -0.15) is 5.53 Å². The molecule has 0 bridgehead atoms. The number of methoxy groups -OCH3 is 1. The molecule has 2 rings (SSSR count). The highest BCUT2D eigenvalue weighted by Gasteiger charge is 2.18. The van der Waals surface area contributed by atoms with E-state index < -0.39 is 5.91 Å². The van der Waals surface area contributed by atoms with Crippen molar-refractivity contribution < 1.29 is 9.53 Å². The van der Waals surface area contributed by atoms with Gasteiger partial charge in [-0.15, -0.1) is 0 Å². The lowest BCUT2D eigenvalue weighted by molar-refractivity contribution is 0.0949. The number of amides is 1. The molecule has 2 aromatic heterocycles. The van der Waals surface area contributed by atoms with Gasteiger partial charge in [0.1, 0.15) is 5.15 Å². The number of rotatable bonds is 5. The monoisotopic (exact) mass is 305 g/mol. The minimum atomic E-state index is -0.557. The van der Waals surface area contributed by atoms with E-state index in [1.54, 1.807) is 12.3 Å². The molecule has 2 heterocycles. The first-order valence-corrected chi connectivity index (χ1v) is 6.33. The molecule has 2 aromatic rings. The van der Waals surface area contributed by atoms with Gasteiger partial charge in [0.05, 0.1) is 12.7 Å². The topological polar surface area (TPSA) is 100 Å². The van der Waals surface area contributed by atoms with E-state index >= 15 is 0 Å². The first-order valence-electron chi connectivity index (χ1n) is 5.95. The number of ether oxygens (including phenoxy) is 1. The van der Waals surface area contributed by atoms with Gasteiger partial charge in [0, 0.05) is 29.9 Å². The predicted molar refractivity (Wildman–Crippen MR) is 75.5 cm³/mol. The molecule has 0 spiro atoms. The lowest BCUT2D eigenvalue weighted by Crippen LogP contribution is -2.19. The van der Waals surface area contributed by atoms with E-state index in [1.165, 1.54) is 13.2 Å². The Hall–Kier alpha value is -2.54. The van der Waals surface area contributed by atoms with E-state index in [4.69, 9.17) is 21.9 Å².